The molecule has 0 N–H and O–H groups in total. The van der Waals surface area contributed by atoms with Gasteiger partial charge in [-0.15, -0.1) is 0 Å². The number of hydrogen-bond donors (Lipinski definition) is 0. The minimum atomic E-state index is -5.83. The molecular formula is C12H9F7O. The van der Waals surface area contributed by atoms with Gasteiger partial charge in [-0.3, -0.25) is 4.79 Å². The highest BCUT2D eigenvalue weighted by Crippen LogP contribution is 2.41. The minimum absolute atomic E-state index is 0.272. The number of rotatable bonds is 2. The largest absolute Gasteiger partial charge is 0.407 e. The third-order valence-electron chi connectivity index (χ3n) is 2.59. The van der Waals surface area contributed by atoms with Gasteiger partial charge in [0.1, 0.15) is 5.82 Å². The van der Waals surface area contributed by atoms with E-state index < -0.39 is 35.4 Å². The normalized spacial score (nSPS) is 12.9. The van der Waals surface area contributed by atoms with Crippen molar-refractivity contribution in [2.45, 2.75) is 26.2 Å². The first-order valence-corrected chi connectivity index (χ1v) is 5.30. The van der Waals surface area contributed by atoms with E-state index in [9.17, 15) is 35.5 Å². The van der Waals surface area contributed by atoms with Crippen molar-refractivity contribution in [2.75, 3.05) is 0 Å². The molecule has 0 fully saturated rings. The molecule has 0 unspecified atom stereocenters. The second-order valence-corrected chi connectivity index (χ2v) is 4.32. The fourth-order valence-electron chi connectivity index (χ4n) is 1.85. The highest BCUT2D eigenvalue weighted by atomic mass is 19.4. The van der Waals surface area contributed by atoms with Crippen LogP contribution in [0, 0.1) is 25.6 Å². The van der Waals surface area contributed by atoms with Gasteiger partial charge in [0.05, 0.1) is 5.56 Å². The third kappa shape index (κ3) is 3.29. The number of carbonyl (C=O) groups excluding carboxylic acids is 1. The summed E-state index contributed by atoms with van der Waals surface area (Å²) >= 11 is 0. The second kappa shape index (κ2) is 5.06. The maximum Gasteiger partial charge on any atom is 0.407 e. The molecule has 0 aromatic heterocycles. The first-order valence-electron chi connectivity index (χ1n) is 5.30. The van der Waals surface area contributed by atoms with E-state index in [1.165, 1.54) is 6.92 Å². The highest BCUT2D eigenvalue weighted by molar-refractivity contribution is 6.00. The zero-order chi connectivity index (χ0) is 15.9. The van der Waals surface area contributed by atoms with Crippen LogP contribution in [0.15, 0.2) is 12.1 Å². The lowest BCUT2D eigenvalue weighted by molar-refractivity contribution is -0.264. The first kappa shape index (κ1) is 16.5. The molecule has 0 amide bonds. The summed E-state index contributed by atoms with van der Waals surface area (Å²) in [6.07, 6.45) is -11.7. The Hall–Kier alpha value is -1.60. The lowest BCUT2D eigenvalue weighted by atomic mass is 9.92. The summed E-state index contributed by atoms with van der Waals surface area (Å²) in [5, 5.41) is 0. The van der Waals surface area contributed by atoms with Crippen LogP contribution in [0.4, 0.5) is 30.7 Å². The number of halogens is 7. The molecule has 0 saturated carbocycles. The Labute approximate surface area is 109 Å². The number of aryl methyl sites for hydroxylation is 2. The van der Waals surface area contributed by atoms with Gasteiger partial charge in [-0.05, 0) is 31.0 Å². The highest BCUT2D eigenvalue weighted by Gasteiger charge is 2.61. The van der Waals surface area contributed by atoms with Gasteiger partial charge < -0.3 is 0 Å². The molecule has 0 aliphatic rings. The third-order valence-corrected chi connectivity index (χ3v) is 2.59. The van der Waals surface area contributed by atoms with Crippen LogP contribution < -0.4 is 0 Å². The van der Waals surface area contributed by atoms with Gasteiger partial charge in [0.2, 0.25) is 5.92 Å². The van der Waals surface area contributed by atoms with Crippen molar-refractivity contribution in [1.29, 1.82) is 0 Å². The lowest BCUT2D eigenvalue weighted by Crippen LogP contribution is -2.43. The molecule has 8 heteroatoms. The predicted octanol–water partition coefficient (Wildman–Crippen LogP) is 4.37. The Morgan fingerprint density at radius 1 is 1.00 bits per heavy atom. The standard InChI is InChI=1S/C12H9F7O/c1-5-3-6(2)8(7(13)4-5)9(20)10(11(14,15)16)12(17,18)19/h3-4,10H,1-2H3. The Bertz CT molecular complexity index is 491. The molecule has 1 rings (SSSR count). The van der Waals surface area contributed by atoms with Crippen molar-refractivity contribution in [2.24, 2.45) is 5.92 Å². The molecule has 0 aliphatic carbocycles. The van der Waals surface area contributed by atoms with Gasteiger partial charge in [-0.2, -0.15) is 26.3 Å². The average Bonchev–Trinajstić information content (AvgIpc) is 2.09. The molecule has 1 aromatic carbocycles. The minimum Gasteiger partial charge on any atom is -0.293 e. The Balaban J connectivity index is 3.42. The van der Waals surface area contributed by atoms with E-state index in [2.05, 4.69) is 0 Å². The van der Waals surface area contributed by atoms with Gasteiger partial charge in [-0.25, -0.2) is 4.39 Å². The molecule has 1 nitrogen and oxygen atoms in total. The molecule has 0 atom stereocenters. The summed E-state index contributed by atoms with van der Waals surface area (Å²) in [7, 11) is 0. The molecule has 0 bridgehead atoms. The first-order chi connectivity index (χ1) is 8.85. The molecule has 1 aromatic rings. The van der Waals surface area contributed by atoms with Gasteiger partial charge in [-0.1, -0.05) is 6.07 Å². The quantitative estimate of drug-likeness (QED) is 0.586. The van der Waals surface area contributed by atoms with Crippen LogP contribution in [0.5, 0.6) is 0 Å². The van der Waals surface area contributed by atoms with Crippen LogP contribution in [0.3, 0.4) is 0 Å². The maximum absolute atomic E-state index is 13.5. The Morgan fingerprint density at radius 2 is 1.45 bits per heavy atom. The summed E-state index contributed by atoms with van der Waals surface area (Å²) in [5.74, 6) is -7.96. The zero-order valence-corrected chi connectivity index (χ0v) is 10.3. The summed E-state index contributed by atoms with van der Waals surface area (Å²) < 4.78 is 88.1. The number of benzene rings is 1. The van der Waals surface area contributed by atoms with Crippen LogP contribution in [0.2, 0.25) is 0 Å². The maximum atomic E-state index is 13.5. The summed E-state index contributed by atoms with van der Waals surface area (Å²) in [6.45, 7) is 2.47. The number of carbonyl (C=O) groups is 1. The fraction of sp³-hybridized carbons (Fsp3) is 0.417. The molecule has 0 spiro atoms. The average molecular weight is 302 g/mol. The summed E-state index contributed by atoms with van der Waals surface area (Å²) in [5.41, 5.74) is -1.17. The smallest absolute Gasteiger partial charge is 0.293 e. The molecule has 0 heterocycles. The van der Waals surface area contributed by atoms with E-state index in [4.69, 9.17) is 0 Å². The van der Waals surface area contributed by atoms with Crippen molar-refractivity contribution in [3.05, 3.63) is 34.6 Å². The van der Waals surface area contributed by atoms with Crippen molar-refractivity contribution >= 4 is 5.78 Å². The van der Waals surface area contributed by atoms with Crippen molar-refractivity contribution < 1.29 is 35.5 Å². The number of ketones is 1. The van der Waals surface area contributed by atoms with Crippen LogP contribution in [-0.4, -0.2) is 18.1 Å². The molecule has 0 radical (unpaired) electrons. The van der Waals surface area contributed by atoms with Crippen LogP contribution >= 0.6 is 0 Å². The van der Waals surface area contributed by atoms with Gasteiger partial charge >= 0.3 is 12.4 Å². The van der Waals surface area contributed by atoms with Crippen LogP contribution in [-0.2, 0) is 0 Å². The Morgan fingerprint density at radius 3 is 1.80 bits per heavy atom. The fourth-order valence-corrected chi connectivity index (χ4v) is 1.85. The number of Topliss-reactive ketones (excluding diaryl/α,β-unsaturated/α-hetero) is 1. The van der Waals surface area contributed by atoms with Gasteiger partial charge in [0, 0.05) is 0 Å². The van der Waals surface area contributed by atoms with E-state index in [1.54, 1.807) is 0 Å². The van der Waals surface area contributed by atoms with E-state index in [0.29, 0.717) is 6.07 Å². The van der Waals surface area contributed by atoms with Crippen molar-refractivity contribution in [3.63, 3.8) is 0 Å². The van der Waals surface area contributed by atoms with Crippen LogP contribution in [0.1, 0.15) is 21.5 Å². The van der Waals surface area contributed by atoms with Crippen molar-refractivity contribution in [3.8, 4) is 0 Å². The topological polar surface area (TPSA) is 17.1 Å². The summed E-state index contributed by atoms with van der Waals surface area (Å²) in [4.78, 5) is 11.5. The number of hydrogen-bond acceptors (Lipinski definition) is 1. The Kier molecular flexibility index (Phi) is 4.17. The van der Waals surface area contributed by atoms with E-state index in [1.807, 2.05) is 0 Å². The van der Waals surface area contributed by atoms with E-state index in [0.717, 1.165) is 13.0 Å². The van der Waals surface area contributed by atoms with Gasteiger partial charge in [0.25, 0.3) is 0 Å². The second-order valence-electron chi connectivity index (χ2n) is 4.32. The summed E-state index contributed by atoms with van der Waals surface area (Å²) in [6, 6.07) is 1.85. The molecule has 0 saturated heterocycles. The zero-order valence-electron chi connectivity index (χ0n) is 10.3. The van der Waals surface area contributed by atoms with E-state index in [-0.39, 0.29) is 11.1 Å². The molecular weight excluding hydrogens is 293 g/mol. The molecule has 112 valence electrons. The SMILES string of the molecule is Cc1cc(C)c(C(=O)C(C(F)(F)F)C(F)(F)F)c(F)c1. The molecule has 20 heavy (non-hydrogen) atoms. The van der Waals surface area contributed by atoms with Crippen LogP contribution in [0.25, 0.3) is 0 Å². The van der Waals surface area contributed by atoms with Gasteiger partial charge in [0.15, 0.2) is 5.78 Å². The van der Waals surface area contributed by atoms with E-state index >= 15 is 0 Å². The monoisotopic (exact) mass is 302 g/mol. The molecule has 0 aliphatic heterocycles. The van der Waals surface area contributed by atoms with Crippen molar-refractivity contribution in [1.82, 2.24) is 0 Å². The number of alkyl halides is 6. The lowest BCUT2D eigenvalue weighted by Gasteiger charge is -2.22. The predicted molar refractivity (Wildman–Crippen MR) is 55.8 cm³/mol.